The van der Waals surface area contributed by atoms with E-state index >= 15 is 0 Å². The Balaban J connectivity index is 0.000000257. The van der Waals surface area contributed by atoms with E-state index in [0.717, 1.165) is 13.0 Å². The van der Waals surface area contributed by atoms with Crippen LogP contribution < -0.4 is 0 Å². The SMILES string of the molecule is C=C1C(C(F)(F)F)CCCN1C(C)C.C=C1C(F)CCCN1C(C)C. The van der Waals surface area contributed by atoms with Gasteiger partial charge in [-0.2, -0.15) is 13.2 Å². The van der Waals surface area contributed by atoms with E-state index < -0.39 is 18.3 Å². The molecule has 0 amide bonds. The highest BCUT2D eigenvalue weighted by Gasteiger charge is 2.44. The lowest BCUT2D eigenvalue weighted by atomic mass is 9.93. The van der Waals surface area contributed by atoms with Crippen molar-refractivity contribution >= 4 is 0 Å². The fourth-order valence-electron chi connectivity index (χ4n) is 3.44. The van der Waals surface area contributed by atoms with Gasteiger partial charge in [-0.25, -0.2) is 4.39 Å². The van der Waals surface area contributed by atoms with Crippen molar-refractivity contribution in [1.29, 1.82) is 0 Å². The molecule has 146 valence electrons. The van der Waals surface area contributed by atoms with Crippen LogP contribution in [0, 0.1) is 5.92 Å². The summed E-state index contributed by atoms with van der Waals surface area (Å²) in [5.74, 6) is -1.33. The average Bonchev–Trinajstić information content (AvgIpc) is 2.49. The number of alkyl halides is 4. The molecule has 0 aromatic carbocycles. The van der Waals surface area contributed by atoms with E-state index in [9.17, 15) is 17.6 Å². The molecule has 2 saturated heterocycles. The fourth-order valence-corrected chi connectivity index (χ4v) is 3.44. The second kappa shape index (κ2) is 8.95. The molecule has 0 bridgehead atoms. The van der Waals surface area contributed by atoms with Crippen molar-refractivity contribution in [3.63, 3.8) is 0 Å². The summed E-state index contributed by atoms with van der Waals surface area (Å²) in [5, 5.41) is 0. The van der Waals surface area contributed by atoms with Gasteiger partial charge in [0, 0.05) is 36.6 Å². The third-order valence-corrected chi connectivity index (χ3v) is 4.89. The molecule has 2 nitrogen and oxygen atoms in total. The van der Waals surface area contributed by atoms with Gasteiger partial charge in [0.1, 0.15) is 6.17 Å². The third-order valence-electron chi connectivity index (χ3n) is 4.89. The average molecular weight is 364 g/mol. The molecule has 0 radical (unpaired) electrons. The van der Waals surface area contributed by atoms with Crippen LogP contribution in [0.5, 0.6) is 0 Å². The highest BCUT2D eigenvalue weighted by Crippen LogP contribution is 2.39. The first-order valence-electron chi connectivity index (χ1n) is 9.08. The monoisotopic (exact) mass is 364 g/mol. The van der Waals surface area contributed by atoms with E-state index in [-0.39, 0.29) is 18.2 Å². The van der Waals surface area contributed by atoms with Crippen LogP contribution in [-0.4, -0.2) is 47.3 Å². The van der Waals surface area contributed by atoms with Gasteiger partial charge in [0.05, 0.1) is 5.92 Å². The number of hydrogen-bond donors (Lipinski definition) is 0. The van der Waals surface area contributed by atoms with E-state index in [1.807, 2.05) is 18.7 Å². The molecule has 0 aromatic heterocycles. The quantitative estimate of drug-likeness (QED) is 0.595. The van der Waals surface area contributed by atoms with Crippen molar-refractivity contribution in [2.24, 2.45) is 5.92 Å². The number of piperidine rings is 2. The summed E-state index contributed by atoms with van der Waals surface area (Å²) in [6.45, 7) is 16.9. The van der Waals surface area contributed by atoms with Crippen molar-refractivity contribution in [2.45, 2.75) is 77.8 Å². The molecular weight excluding hydrogens is 332 g/mol. The second-order valence-electron chi connectivity index (χ2n) is 7.40. The van der Waals surface area contributed by atoms with Crippen LogP contribution >= 0.6 is 0 Å². The zero-order chi connectivity index (χ0) is 19.4. The molecule has 25 heavy (non-hydrogen) atoms. The van der Waals surface area contributed by atoms with E-state index in [2.05, 4.69) is 27.0 Å². The van der Waals surface area contributed by atoms with Crippen LogP contribution in [0.4, 0.5) is 17.6 Å². The summed E-state index contributed by atoms with van der Waals surface area (Å²) in [7, 11) is 0. The molecule has 0 saturated carbocycles. The molecule has 0 spiro atoms. The maximum atomic E-state index is 13.0. The first-order chi connectivity index (χ1) is 11.5. The first-order valence-corrected chi connectivity index (χ1v) is 9.08. The molecule has 6 heteroatoms. The minimum absolute atomic E-state index is 0.104. The predicted molar refractivity (Wildman–Crippen MR) is 94.9 cm³/mol. The van der Waals surface area contributed by atoms with Gasteiger partial charge in [-0.3, -0.25) is 0 Å². The Labute approximate surface area is 149 Å². The molecule has 2 rings (SSSR count). The number of likely N-dealkylation sites (tertiary alicyclic amines) is 2. The number of halogens is 4. The lowest BCUT2D eigenvalue weighted by Gasteiger charge is -2.39. The van der Waals surface area contributed by atoms with Gasteiger partial charge in [-0.1, -0.05) is 13.2 Å². The smallest absolute Gasteiger partial charge is 0.372 e. The summed E-state index contributed by atoms with van der Waals surface area (Å²) < 4.78 is 50.7. The molecule has 0 aromatic rings. The molecular formula is C19H32F4N2. The van der Waals surface area contributed by atoms with Crippen LogP contribution in [0.2, 0.25) is 0 Å². The van der Waals surface area contributed by atoms with Crippen LogP contribution in [0.3, 0.4) is 0 Å². The Morgan fingerprint density at radius 2 is 1.32 bits per heavy atom. The lowest BCUT2D eigenvalue weighted by molar-refractivity contribution is -0.175. The Hall–Kier alpha value is -1.20. The van der Waals surface area contributed by atoms with Gasteiger partial charge < -0.3 is 9.80 Å². The predicted octanol–water partition coefficient (Wildman–Crippen LogP) is 5.53. The third kappa shape index (κ3) is 5.93. The standard InChI is InChI=1S/C10H16F3N.C9H16FN/c1-7(2)14-6-4-5-9(8(14)3)10(11,12)13;1-7(2)11-6-4-5-9(10)8(11)3/h7,9H,3-6H2,1-2H3;7,9H,3-6H2,1-2H3. The maximum absolute atomic E-state index is 13.0. The lowest BCUT2D eigenvalue weighted by Crippen LogP contribution is -2.42. The molecule has 2 atom stereocenters. The van der Waals surface area contributed by atoms with Gasteiger partial charge in [0.15, 0.2) is 0 Å². The second-order valence-corrected chi connectivity index (χ2v) is 7.40. The highest BCUT2D eigenvalue weighted by molar-refractivity contribution is 5.07. The summed E-state index contributed by atoms with van der Waals surface area (Å²) in [6, 6.07) is 0.494. The largest absolute Gasteiger partial charge is 0.397 e. The zero-order valence-corrected chi connectivity index (χ0v) is 15.9. The van der Waals surface area contributed by atoms with Crippen molar-refractivity contribution < 1.29 is 17.6 Å². The van der Waals surface area contributed by atoms with E-state index in [1.165, 1.54) is 0 Å². The number of nitrogens with zero attached hydrogens (tertiary/aromatic N) is 2. The topological polar surface area (TPSA) is 6.48 Å². The van der Waals surface area contributed by atoms with Crippen LogP contribution in [-0.2, 0) is 0 Å². The zero-order valence-electron chi connectivity index (χ0n) is 15.9. The van der Waals surface area contributed by atoms with Gasteiger partial charge in [-0.05, 0) is 53.4 Å². The fraction of sp³-hybridized carbons (Fsp3) is 0.789. The summed E-state index contributed by atoms with van der Waals surface area (Å²) in [4.78, 5) is 3.80. The van der Waals surface area contributed by atoms with Gasteiger partial charge in [0.25, 0.3) is 0 Å². The number of rotatable bonds is 2. The van der Waals surface area contributed by atoms with Crippen molar-refractivity contribution in [1.82, 2.24) is 9.80 Å². The maximum Gasteiger partial charge on any atom is 0.397 e. The van der Waals surface area contributed by atoms with E-state index in [1.54, 1.807) is 4.90 Å². The van der Waals surface area contributed by atoms with Gasteiger partial charge in [0.2, 0.25) is 0 Å². The molecule has 2 heterocycles. The van der Waals surface area contributed by atoms with Gasteiger partial charge in [-0.15, -0.1) is 0 Å². The highest BCUT2D eigenvalue weighted by atomic mass is 19.4. The Bertz CT molecular complexity index is 457. The summed E-state index contributed by atoms with van der Waals surface area (Å²) in [6.07, 6.45) is -2.54. The Kier molecular flexibility index (Phi) is 7.82. The molecule has 2 unspecified atom stereocenters. The minimum Gasteiger partial charge on any atom is -0.372 e. The molecule has 2 aliphatic rings. The first kappa shape index (κ1) is 21.8. The Morgan fingerprint density at radius 1 is 0.880 bits per heavy atom. The van der Waals surface area contributed by atoms with Crippen LogP contribution in [0.25, 0.3) is 0 Å². The normalized spacial score (nSPS) is 25.4. The van der Waals surface area contributed by atoms with Crippen LogP contribution in [0.1, 0.15) is 53.4 Å². The minimum atomic E-state index is -4.13. The van der Waals surface area contributed by atoms with Crippen molar-refractivity contribution in [3.05, 3.63) is 24.6 Å². The molecule has 0 N–H and O–H groups in total. The van der Waals surface area contributed by atoms with Crippen LogP contribution in [0.15, 0.2) is 24.6 Å². The van der Waals surface area contributed by atoms with Gasteiger partial charge >= 0.3 is 6.18 Å². The van der Waals surface area contributed by atoms with E-state index in [4.69, 9.17) is 0 Å². The summed E-state index contributed by atoms with van der Waals surface area (Å²) >= 11 is 0. The number of hydrogen-bond acceptors (Lipinski definition) is 2. The number of allylic oxidation sites excluding steroid dienone is 2. The van der Waals surface area contributed by atoms with Crippen molar-refractivity contribution in [3.8, 4) is 0 Å². The summed E-state index contributed by atoms with van der Waals surface area (Å²) in [5.41, 5.74) is 0.907. The molecule has 2 fully saturated rings. The molecule has 2 aliphatic heterocycles. The Morgan fingerprint density at radius 3 is 1.72 bits per heavy atom. The van der Waals surface area contributed by atoms with Crippen molar-refractivity contribution in [2.75, 3.05) is 13.1 Å². The van der Waals surface area contributed by atoms with E-state index in [0.29, 0.717) is 31.1 Å². The molecule has 0 aliphatic carbocycles.